The molecule has 2 heterocycles. The number of carbonyl (C=O) groups excluding carboxylic acids is 1. The molecule has 0 saturated carbocycles. The van der Waals surface area contributed by atoms with Crippen molar-refractivity contribution in [1.82, 2.24) is 19.9 Å². The Kier molecular flexibility index (Phi) is 4.58. The summed E-state index contributed by atoms with van der Waals surface area (Å²) in [5.41, 5.74) is 4.03. The first-order valence-electron chi connectivity index (χ1n) is 8.39. The van der Waals surface area contributed by atoms with E-state index in [0.717, 1.165) is 32.8 Å². The Balaban J connectivity index is 1.51. The molecule has 0 unspecified atom stereocenters. The molecule has 1 amide bonds. The number of nitrogens with one attached hydrogen (secondary N) is 1. The van der Waals surface area contributed by atoms with Crippen molar-refractivity contribution in [2.75, 3.05) is 5.75 Å². The first kappa shape index (κ1) is 16.6. The summed E-state index contributed by atoms with van der Waals surface area (Å²) in [6.07, 6.45) is 0. The van der Waals surface area contributed by atoms with Crippen LogP contribution in [0.15, 0.2) is 65.8 Å². The third-order valence-corrected chi connectivity index (χ3v) is 5.13. The van der Waals surface area contributed by atoms with E-state index >= 15 is 0 Å². The van der Waals surface area contributed by atoms with Crippen molar-refractivity contribution in [2.24, 2.45) is 0 Å². The quantitative estimate of drug-likeness (QED) is 0.551. The molecule has 0 aliphatic heterocycles. The average molecular weight is 362 g/mol. The van der Waals surface area contributed by atoms with Gasteiger partial charge >= 0.3 is 0 Å². The van der Waals surface area contributed by atoms with E-state index in [-0.39, 0.29) is 5.91 Å². The van der Waals surface area contributed by atoms with Crippen molar-refractivity contribution in [3.05, 3.63) is 71.8 Å². The number of hydrogen-bond donors (Lipinski definition) is 1. The number of rotatable bonds is 5. The van der Waals surface area contributed by atoms with E-state index in [4.69, 9.17) is 0 Å². The predicted molar refractivity (Wildman–Crippen MR) is 104 cm³/mol. The molecule has 2 aromatic carbocycles. The Morgan fingerprint density at radius 1 is 1.08 bits per heavy atom. The van der Waals surface area contributed by atoms with Crippen LogP contribution in [-0.2, 0) is 11.3 Å². The molecule has 1 N–H and O–H groups in total. The number of pyridine rings is 1. The average Bonchev–Trinajstić information content (AvgIpc) is 3.11. The molecule has 5 nitrogen and oxygen atoms in total. The number of fused-ring (bicyclic) bond motifs is 3. The molecular weight excluding hydrogens is 344 g/mol. The number of hydrogen-bond acceptors (Lipinski definition) is 4. The van der Waals surface area contributed by atoms with Crippen LogP contribution in [0.1, 0.15) is 11.1 Å². The maximum atomic E-state index is 12.2. The molecule has 6 heteroatoms. The van der Waals surface area contributed by atoms with Gasteiger partial charge in [0.1, 0.15) is 0 Å². The van der Waals surface area contributed by atoms with Gasteiger partial charge in [-0.15, -0.1) is 10.2 Å². The van der Waals surface area contributed by atoms with Crippen molar-refractivity contribution in [2.45, 2.75) is 18.6 Å². The molecule has 130 valence electrons. The minimum atomic E-state index is -0.0208. The lowest BCUT2D eigenvalue weighted by Gasteiger charge is -2.07. The number of benzene rings is 2. The summed E-state index contributed by atoms with van der Waals surface area (Å²) in [6, 6.07) is 20.1. The Morgan fingerprint density at radius 3 is 2.69 bits per heavy atom. The summed E-state index contributed by atoms with van der Waals surface area (Å²) in [5, 5.41) is 13.4. The highest BCUT2D eigenvalue weighted by Gasteiger charge is 2.13. The van der Waals surface area contributed by atoms with Crippen LogP contribution < -0.4 is 5.32 Å². The zero-order valence-electron chi connectivity index (χ0n) is 14.3. The molecule has 0 spiro atoms. The lowest BCUT2D eigenvalue weighted by atomic mass is 10.1. The molecular formula is C20H18N4OS. The molecule has 0 fully saturated rings. The third-order valence-electron chi connectivity index (χ3n) is 4.20. The lowest BCUT2D eigenvalue weighted by Crippen LogP contribution is -2.24. The van der Waals surface area contributed by atoms with Crippen LogP contribution in [0.4, 0.5) is 0 Å². The third kappa shape index (κ3) is 3.28. The zero-order valence-corrected chi connectivity index (χ0v) is 15.2. The number of aromatic nitrogens is 3. The molecule has 0 saturated heterocycles. The van der Waals surface area contributed by atoms with Crippen LogP contribution in [0.2, 0.25) is 0 Å². The summed E-state index contributed by atoms with van der Waals surface area (Å²) in [4.78, 5) is 12.2. The Labute approximate surface area is 155 Å². The minimum Gasteiger partial charge on any atom is -0.351 e. The lowest BCUT2D eigenvalue weighted by molar-refractivity contribution is -0.118. The second-order valence-corrected chi connectivity index (χ2v) is 7.02. The molecule has 4 rings (SSSR count). The van der Waals surface area contributed by atoms with E-state index in [9.17, 15) is 4.79 Å². The molecule has 0 atom stereocenters. The highest BCUT2D eigenvalue weighted by atomic mass is 32.2. The van der Waals surface area contributed by atoms with Crippen molar-refractivity contribution in [3.63, 3.8) is 0 Å². The van der Waals surface area contributed by atoms with Gasteiger partial charge < -0.3 is 5.32 Å². The van der Waals surface area contributed by atoms with Crippen LogP contribution >= 0.6 is 11.8 Å². The normalized spacial score (nSPS) is 11.1. The summed E-state index contributed by atoms with van der Waals surface area (Å²) in [5.74, 6) is 0.281. The molecule has 2 aromatic heterocycles. The highest BCUT2D eigenvalue weighted by Crippen LogP contribution is 2.25. The summed E-state index contributed by atoms with van der Waals surface area (Å²) in [6.45, 7) is 2.56. The number of para-hydroxylation sites is 1. The van der Waals surface area contributed by atoms with Gasteiger partial charge in [-0.05, 0) is 35.6 Å². The monoisotopic (exact) mass is 362 g/mol. The molecule has 4 aromatic rings. The first-order valence-corrected chi connectivity index (χ1v) is 9.38. The predicted octanol–water partition coefficient (Wildman–Crippen LogP) is 3.60. The number of aryl methyl sites for hydroxylation is 1. The molecule has 0 radical (unpaired) electrons. The number of nitrogens with zero attached hydrogens (tertiary/aromatic N) is 3. The van der Waals surface area contributed by atoms with E-state index in [1.54, 1.807) is 0 Å². The maximum absolute atomic E-state index is 12.2. The summed E-state index contributed by atoms with van der Waals surface area (Å²) in [7, 11) is 0. The maximum Gasteiger partial charge on any atom is 0.230 e. The molecule has 26 heavy (non-hydrogen) atoms. The second-order valence-electron chi connectivity index (χ2n) is 6.08. The Morgan fingerprint density at radius 2 is 1.85 bits per heavy atom. The van der Waals surface area contributed by atoms with Gasteiger partial charge in [0.15, 0.2) is 10.8 Å². The van der Waals surface area contributed by atoms with Crippen LogP contribution in [0, 0.1) is 6.92 Å². The Hall–Kier alpha value is -2.86. The van der Waals surface area contributed by atoms with Gasteiger partial charge in [0.25, 0.3) is 0 Å². The van der Waals surface area contributed by atoms with Gasteiger partial charge in [0, 0.05) is 6.54 Å². The molecule has 0 aliphatic carbocycles. The van der Waals surface area contributed by atoms with E-state index in [1.807, 2.05) is 59.9 Å². The smallest absolute Gasteiger partial charge is 0.230 e. The van der Waals surface area contributed by atoms with Crippen LogP contribution in [0.3, 0.4) is 0 Å². The van der Waals surface area contributed by atoms with Crippen LogP contribution in [-0.4, -0.2) is 26.3 Å². The minimum absolute atomic E-state index is 0.0208. The Bertz CT molecular complexity index is 1080. The van der Waals surface area contributed by atoms with Crippen LogP contribution in [0.25, 0.3) is 16.6 Å². The first-order chi connectivity index (χ1) is 12.7. The van der Waals surface area contributed by atoms with Gasteiger partial charge in [0.2, 0.25) is 5.91 Å². The fraction of sp³-hybridized carbons (Fsp3) is 0.150. The second kappa shape index (κ2) is 7.17. The molecule has 0 aliphatic rings. The SMILES string of the molecule is Cc1cc2ccccc2n2c(SCC(=O)NCc3ccccc3)nnc12. The van der Waals surface area contributed by atoms with E-state index in [0.29, 0.717) is 12.3 Å². The number of carbonyl (C=O) groups is 1. The molecule has 0 bridgehead atoms. The zero-order chi connectivity index (χ0) is 17.9. The van der Waals surface area contributed by atoms with E-state index in [1.165, 1.54) is 11.8 Å². The van der Waals surface area contributed by atoms with Gasteiger partial charge in [0.05, 0.1) is 11.3 Å². The highest BCUT2D eigenvalue weighted by molar-refractivity contribution is 7.99. The fourth-order valence-corrected chi connectivity index (χ4v) is 3.70. The fourth-order valence-electron chi connectivity index (χ4n) is 2.92. The number of amides is 1. The van der Waals surface area contributed by atoms with Crippen molar-refractivity contribution in [1.29, 1.82) is 0 Å². The van der Waals surface area contributed by atoms with Gasteiger partial charge in [-0.2, -0.15) is 0 Å². The van der Waals surface area contributed by atoms with Crippen molar-refractivity contribution in [3.8, 4) is 0 Å². The standard InChI is InChI=1S/C20H18N4OS/c1-14-11-16-9-5-6-10-17(16)24-19(14)22-23-20(24)26-13-18(25)21-12-15-7-3-2-4-8-15/h2-11H,12-13H2,1H3,(H,21,25). The largest absolute Gasteiger partial charge is 0.351 e. The van der Waals surface area contributed by atoms with Crippen molar-refractivity contribution < 1.29 is 4.79 Å². The van der Waals surface area contributed by atoms with Crippen molar-refractivity contribution >= 4 is 34.2 Å². The summed E-state index contributed by atoms with van der Waals surface area (Å²) >= 11 is 1.40. The van der Waals surface area contributed by atoms with Gasteiger partial charge in [-0.25, -0.2) is 0 Å². The van der Waals surface area contributed by atoms with Crippen LogP contribution in [0.5, 0.6) is 0 Å². The van der Waals surface area contributed by atoms with Gasteiger partial charge in [-0.1, -0.05) is 60.3 Å². The van der Waals surface area contributed by atoms with E-state index in [2.05, 4.69) is 27.6 Å². The van der Waals surface area contributed by atoms with E-state index < -0.39 is 0 Å². The van der Waals surface area contributed by atoms with Gasteiger partial charge in [-0.3, -0.25) is 9.20 Å². The topological polar surface area (TPSA) is 59.3 Å². The summed E-state index contributed by atoms with van der Waals surface area (Å²) < 4.78 is 2.03. The number of thioether (sulfide) groups is 1.